The van der Waals surface area contributed by atoms with E-state index in [1.807, 2.05) is 24.3 Å². The molecule has 0 saturated carbocycles. The van der Waals surface area contributed by atoms with Crippen LogP contribution in [0.2, 0.25) is 0 Å². The Morgan fingerprint density at radius 2 is 1.76 bits per heavy atom. The second-order valence-corrected chi connectivity index (χ2v) is 5.16. The summed E-state index contributed by atoms with van der Waals surface area (Å²) in [5.74, 6) is -0.172. The molecule has 1 aliphatic heterocycles. The van der Waals surface area contributed by atoms with E-state index in [-0.39, 0.29) is 18.2 Å². The predicted molar refractivity (Wildman–Crippen MR) is 85.9 cm³/mol. The van der Waals surface area contributed by atoms with Gasteiger partial charge >= 0.3 is 0 Å². The van der Waals surface area contributed by atoms with Gasteiger partial charge in [0.1, 0.15) is 5.82 Å². The average Bonchev–Trinajstić information content (AvgIpc) is 2.83. The maximum atomic E-state index is 14.2. The molecule has 1 aliphatic rings. The van der Waals surface area contributed by atoms with Crippen molar-refractivity contribution in [1.82, 2.24) is 9.88 Å². The molecule has 21 heavy (non-hydrogen) atoms. The normalized spacial score (nSPS) is 13.8. The summed E-state index contributed by atoms with van der Waals surface area (Å²) >= 11 is 0. The van der Waals surface area contributed by atoms with Gasteiger partial charge in [-0.1, -0.05) is 30.3 Å². The second-order valence-electron chi connectivity index (χ2n) is 5.16. The summed E-state index contributed by atoms with van der Waals surface area (Å²) < 4.78 is 16.3. The van der Waals surface area contributed by atoms with Crippen LogP contribution in [0.5, 0.6) is 0 Å². The molecule has 2 aromatic carbocycles. The molecule has 2 heterocycles. The molecule has 0 bridgehead atoms. The van der Waals surface area contributed by atoms with Crippen LogP contribution >= 0.6 is 12.4 Å². The second kappa shape index (κ2) is 5.51. The van der Waals surface area contributed by atoms with Crippen molar-refractivity contribution in [3.8, 4) is 5.69 Å². The molecule has 4 rings (SSSR count). The monoisotopic (exact) mass is 302 g/mol. The van der Waals surface area contributed by atoms with E-state index in [9.17, 15) is 4.39 Å². The van der Waals surface area contributed by atoms with Crippen LogP contribution in [-0.4, -0.2) is 11.1 Å². The van der Waals surface area contributed by atoms with Crippen LogP contribution in [0.15, 0.2) is 48.5 Å². The van der Waals surface area contributed by atoms with Crippen molar-refractivity contribution in [2.75, 3.05) is 6.54 Å². The summed E-state index contributed by atoms with van der Waals surface area (Å²) in [5.41, 5.74) is 4.27. The van der Waals surface area contributed by atoms with Crippen molar-refractivity contribution in [3.05, 3.63) is 65.6 Å². The summed E-state index contributed by atoms with van der Waals surface area (Å²) in [4.78, 5) is 0. The van der Waals surface area contributed by atoms with Gasteiger partial charge in [0, 0.05) is 30.6 Å². The van der Waals surface area contributed by atoms with Gasteiger partial charge in [0.15, 0.2) is 0 Å². The van der Waals surface area contributed by atoms with E-state index in [0.29, 0.717) is 5.69 Å². The molecule has 2 nitrogen and oxygen atoms in total. The van der Waals surface area contributed by atoms with Gasteiger partial charge in [-0.3, -0.25) is 0 Å². The van der Waals surface area contributed by atoms with E-state index in [1.165, 1.54) is 22.7 Å². The summed E-state index contributed by atoms with van der Waals surface area (Å²) in [5, 5.41) is 4.63. The van der Waals surface area contributed by atoms with E-state index in [4.69, 9.17) is 0 Å². The summed E-state index contributed by atoms with van der Waals surface area (Å²) in [7, 11) is 0. The third-order valence-corrected chi connectivity index (χ3v) is 4.02. The lowest BCUT2D eigenvalue weighted by Gasteiger charge is -2.17. The largest absolute Gasteiger partial charge is 0.312 e. The quantitative estimate of drug-likeness (QED) is 0.723. The molecule has 3 aromatic rings. The van der Waals surface area contributed by atoms with Crippen LogP contribution in [0.3, 0.4) is 0 Å². The van der Waals surface area contributed by atoms with Gasteiger partial charge in [-0.15, -0.1) is 12.4 Å². The fourth-order valence-electron chi connectivity index (χ4n) is 3.15. The molecule has 108 valence electrons. The third kappa shape index (κ3) is 2.13. The maximum absolute atomic E-state index is 14.2. The Morgan fingerprint density at radius 1 is 1.00 bits per heavy atom. The minimum absolute atomic E-state index is 0. The molecule has 1 N–H and O–H groups in total. The topological polar surface area (TPSA) is 17.0 Å². The van der Waals surface area contributed by atoms with Crippen LogP contribution < -0.4 is 5.32 Å². The number of nitrogens with one attached hydrogen (secondary N) is 1. The number of para-hydroxylation sites is 2. The van der Waals surface area contributed by atoms with Gasteiger partial charge in [0.2, 0.25) is 0 Å². The van der Waals surface area contributed by atoms with E-state index < -0.39 is 0 Å². The maximum Gasteiger partial charge on any atom is 0.147 e. The van der Waals surface area contributed by atoms with Crippen LogP contribution in [-0.2, 0) is 13.0 Å². The molecule has 1 aromatic heterocycles. The number of halogens is 2. The van der Waals surface area contributed by atoms with E-state index in [2.05, 4.69) is 22.0 Å². The highest BCUT2D eigenvalue weighted by Gasteiger charge is 2.21. The van der Waals surface area contributed by atoms with Crippen molar-refractivity contribution in [2.24, 2.45) is 0 Å². The average molecular weight is 303 g/mol. The zero-order chi connectivity index (χ0) is 13.5. The van der Waals surface area contributed by atoms with Gasteiger partial charge in [0.05, 0.1) is 11.2 Å². The highest BCUT2D eigenvalue weighted by Crippen LogP contribution is 2.32. The van der Waals surface area contributed by atoms with Crippen molar-refractivity contribution < 1.29 is 4.39 Å². The number of hydrogen-bond acceptors (Lipinski definition) is 1. The first-order valence-electron chi connectivity index (χ1n) is 6.93. The van der Waals surface area contributed by atoms with Crippen molar-refractivity contribution in [2.45, 2.75) is 13.0 Å². The van der Waals surface area contributed by atoms with Gasteiger partial charge < -0.3 is 9.88 Å². The highest BCUT2D eigenvalue weighted by molar-refractivity contribution is 5.87. The number of hydrogen-bond donors (Lipinski definition) is 1. The van der Waals surface area contributed by atoms with Gasteiger partial charge in [-0.25, -0.2) is 4.39 Å². The Labute approximate surface area is 129 Å². The van der Waals surface area contributed by atoms with E-state index in [1.54, 1.807) is 6.07 Å². The molecule has 0 radical (unpaired) electrons. The lowest BCUT2D eigenvalue weighted by Crippen LogP contribution is -2.24. The standard InChI is InChI=1S/C17H15FN2.ClH/c18-14-6-2-4-8-17(14)20-15-7-3-1-5-12(15)13-11-19-10-9-16(13)20;/h1-8,19H,9-11H2;1H. The summed E-state index contributed by atoms with van der Waals surface area (Å²) in [6, 6.07) is 15.3. The molecular formula is C17H16ClFN2. The van der Waals surface area contributed by atoms with E-state index in [0.717, 1.165) is 25.0 Å². The van der Waals surface area contributed by atoms with E-state index >= 15 is 0 Å². The first-order valence-corrected chi connectivity index (χ1v) is 6.93. The SMILES string of the molecule is Cl.Fc1ccccc1-n1c2c(c3ccccc31)CNCC2. The molecule has 0 unspecified atom stereocenters. The van der Waals surface area contributed by atoms with Crippen molar-refractivity contribution >= 4 is 23.3 Å². The molecule has 0 spiro atoms. The van der Waals surface area contributed by atoms with Gasteiger partial charge in [-0.2, -0.15) is 0 Å². The number of benzene rings is 2. The Balaban J connectivity index is 0.00000132. The first-order chi connectivity index (χ1) is 9.86. The number of rotatable bonds is 1. The predicted octanol–water partition coefficient (Wildman–Crippen LogP) is 3.84. The molecule has 0 amide bonds. The van der Waals surface area contributed by atoms with Crippen molar-refractivity contribution in [3.63, 3.8) is 0 Å². The molecule has 0 saturated heterocycles. The summed E-state index contributed by atoms with van der Waals surface area (Å²) in [6.45, 7) is 1.80. The molecule has 4 heteroatoms. The fraction of sp³-hybridized carbons (Fsp3) is 0.176. The van der Waals surface area contributed by atoms with Crippen molar-refractivity contribution in [1.29, 1.82) is 0 Å². The molecule has 0 aliphatic carbocycles. The van der Waals surface area contributed by atoms with Crippen LogP contribution in [0.4, 0.5) is 4.39 Å². The molecule has 0 atom stereocenters. The van der Waals surface area contributed by atoms with Crippen LogP contribution in [0.1, 0.15) is 11.3 Å². The Hall–Kier alpha value is -1.84. The zero-order valence-electron chi connectivity index (χ0n) is 11.5. The zero-order valence-corrected chi connectivity index (χ0v) is 12.3. The van der Waals surface area contributed by atoms with Gasteiger partial charge in [-0.05, 0) is 23.8 Å². The fourth-order valence-corrected chi connectivity index (χ4v) is 3.15. The van der Waals surface area contributed by atoms with Crippen LogP contribution in [0, 0.1) is 5.82 Å². The Bertz CT molecular complexity index is 795. The Kier molecular flexibility index (Phi) is 3.70. The lowest BCUT2D eigenvalue weighted by molar-refractivity contribution is 0.604. The smallest absolute Gasteiger partial charge is 0.147 e. The molecule has 0 fully saturated rings. The third-order valence-electron chi connectivity index (χ3n) is 4.02. The van der Waals surface area contributed by atoms with Gasteiger partial charge in [0.25, 0.3) is 0 Å². The summed E-state index contributed by atoms with van der Waals surface area (Å²) in [6.07, 6.45) is 0.929. The number of nitrogens with zero attached hydrogens (tertiary/aromatic N) is 1. The molecular weight excluding hydrogens is 287 g/mol. The minimum Gasteiger partial charge on any atom is -0.312 e. The highest BCUT2D eigenvalue weighted by atomic mass is 35.5. The number of fused-ring (bicyclic) bond motifs is 3. The first kappa shape index (κ1) is 14.1. The number of aromatic nitrogens is 1. The minimum atomic E-state index is -0.172. The lowest BCUT2D eigenvalue weighted by atomic mass is 10.1. The Morgan fingerprint density at radius 3 is 2.62 bits per heavy atom. The van der Waals surface area contributed by atoms with Crippen LogP contribution in [0.25, 0.3) is 16.6 Å².